The van der Waals surface area contributed by atoms with Crippen LogP contribution in [0.3, 0.4) is 0 Å². The quantitative estimate of drug-likeness (QED) is 0.731. The SMILES string of the molecule is CC(C)NC(=O)c1ccc(-c2nc3cc(N)ccc3n2C)cc1. The highest BCUT2D eigenvalue weighted by atomic mass is 16.1. The Balaban J connectivity index is 1.96. The molecule has 0 aliphatic carbocycles. The predicted octanol–water partition coefficient (Wildman–Crippen LogP) is 2.96. The fraction of sp³-hybridized carbons (Fsp3) is 0.222. The van der Waals surface area contributed by atoms with Crippen LogP contribution in [-0.2, 0) is 7.05 Å². The van der Waals surface area contributed by atoms with Crippen molar-refractivity contribution in [3.8, 4) is 11.4 Å². The lowest BCUT2D eigenvalue weighted by Gasteiger charge is -2.09. The average molecular weight is 308 g/mol. The lowest BCUT2D eigenvalue weighted by molar-refractivity contribution is 0.0943. The molecule has 3 aromatic rings. The Kier molecular flexibility index (Phi) is 3.78. The van der Waals surface area contributed by atoms with Crippen molar-refractivity contribution in [1.82, 2.24) is 14.9 Å². The topological polar surface area (TPSA) is 72.9 Å². The zero-order chi connectivity index (χ0) is 16.6. The van der Waals surface area contributed by atoms with E-state index < -0.39 is 0 Å². The van der Waals surface area contributed by atoms with Gasteiger partial charge in [0, 0.05) is 29.9 Å². The van der Waals surface area contributed by atoms with Crippen molar-refractivity contribution in [2.75, 3.05) is 5.73 Å². The number of benzene rings is 2. The van der Waals surface area contributed by atoms with Gasteiger partial charge >= 0.3 is 0 Å². The van der Waals surface area contributed by atoms with Gasteiger partial charge in [-0.15, -0.1) is 0 Å². The molecule has 0 aliphatic rings. The number of rotatable bonds is 3. The number of carbonyl (C=O) groups excluding carboxylic acids is 1. The Morgan fingerprint density at radius 3 is 2.52 bits per heavy atom. The number of imidazole rings is 1. The van der Waals surface area contributed by atoms with Crippen LogP contribution >= 0.6 is 0 Å². The van der Waals surface area contributed by atoms with E-state index in [1.165, 1.54) is 0 Å². The minimum Gasteiger partial charge on any atom is -0.399 e. The minimum atomic E-state index is -0.0654. The van der Waals surface area contributed by atoms with E-state index in [2.05, 4.69) is 10.3 Å². The number of aryl methyl sites for hydroxylation is 1. The van der Waals surface area contributed by atoms with Crippen LogP contribution in [-0.4, -0.2) is 21.5 Å². The summed E-state index contributed by atoms with van der Waals surface area (Å²) in [4.78, 5) is 16.7. The van der Waals surface area contributed by atoms with Crippen LogP contribution in [0.4, 0.5) is 5.69 Å². The predicted molar refractivity (Wildman–Crippen MR) is 93.2 cm³/mol. The molecule has 0 atom stereocenters. The van der Waals surface area contributed by atoms with E-state index in [1.807, 2.05) is 67.9 Å². The fourth-order valence-electron chi connectivity index (χ4n) is 2.59. The summed E-state index contributed by atoms with van der Waals surface area (Å²) >= 11 is 0. The Morgan fingerprint density at radius 2 is 1.87 bits per heavy atom. The second-order valence-electron chi connectivity index (χ2n) is 5.95. The molecule has 1 heterocycles. The van der Waals surface area contributed by atoms with Crippen molar-refractivity contribution < 1.29 is 4.79 Å². The summed E-state index contributed by atoms with van der Waals surface area (Å²) < 4.78 is 2.03. The Bertz CT molecular complexity index is 863. The molecule has 0 radical (unpaired) electrons. The van der Waals surface area contributed by atoms with E-state index in [0.29, 0.717) is 11.3 Å². The molecule has 1 aromatic heterocycles. The molecular weight excluding hydrogens is 288 g/mol. The molecule has 0 aliphatic heterocycles. The Labute approximate surface area is 135 Å². The highest BCUT2D eigenvalue weighted by Crippen LogP contribution is 2.25. The zero-order valence-corrected chi connectivity index (χ0v) is 13.5. The molecule has 0 fully saturated rings. The van der Waals surface area contributed by atoms with Crippen LogP contribution in [0.5, 0.6) is 0 Å². The van der Waals surface area contributed by atoms with Gasteiger partial charge in [-0.2, -0.15) is 0 Å². The van der Waals surface area contributed by atoms with Gasteiger partial charge < -0.3 is 15.6 Å². The first-order valence-corrected chi connectivity index (χ1v) is 7.59. The van der Waals surface area contributed by atoms with Gasteiger partial charge in [0.15, 0.2) is 0 Å². The maximum absolute atomic E-state index is 12.0. The van der Waals surface area contributed by atoms with Crippen LogP contribution in [0.15, 0.2) is 42.5 Å². The summed E-state index contributed by atoms with van der Waals surface area (Å²) in [5.41, 5.74) is 10.0. The molecule has 1 amide bonds. The second kappa shape index (κ2) is 5.76. The Hall–Kier alpha value is -2.82. The number of aromatic nitrogens is 2. The molecule has 5 nitrogen and oxygen atoms in total. The monoisotopic (exact) mass is 308 g/mol. The molecule has 0 saturated carbocycles. The first-order valence-electron chi connectivity index (χ1n) is 7.59. The smallest absolute Gasteiger partial charge is 0.251 e. The summed E-state index contributed by atoms with van der Waals surface area (Å²) in [6.07, 6.45) is 0. The number of fused-ring (bicyclic) bond motifs is 1. The molecule has 0 spiro atoms. The third-order valence-corrected chi connectivity index (χ3v) is 3.73. The van der Waals surface area contributed by atoms with Gasteiger partial charge in [-0.1, -0.05) is 12.1 Å². The van der Waals surface area contributed by atoms with Gasteiger partial charge in [-0.25, -0.2) is 4.98 Å². The highest BCUT2D eigenvalue weighted by molar-refractivity contribution is 5.95. The van der Waals surface area contributed by atoms with E-state index in [9.17, 15) is 4.79 Å². The third-order valence-electron chi connectivity index (χ3n) is 3.73. The van der Waals surface area contributed by atoms with E-state index in [0.717, 1.165) is 22.4 Å². The molecule has 3 N–H and O–H groups in total. The molecule has 0 bridgehead atoms. The van der Waals surface area contributed by atoms with Crippen LogP contribution in [0.25, 0.3) is 22.4 Å². The molecule has 118 valence electrons. The summed E-state index contributed by atoms with van der Waals surface area (Å²) in [7, 11) is 1.97. The standard InChI is InChI=1S/C18H20N4O/c1-11(2)20-18(23)13-6-4-12(5-7-13)17-21-15-10-14(19)8-9-16(15)22(17)3/h4-11H,19H2,1-3H3,(H,20,23). The summed E-state index contributed by atoms with van der Waals surface area (Å²) in [5, 5.41) is 2.88. The van der Waals surface area contributed by atoms with Crippen molar-refractivity contribution in [1.29, 1.82) is 0 Å². The number of nitrogens with zero attached hydrogens (tertiary/aromatic N) is 2. The van der Waals surface area contributed by atoms with Crippen molar-refractivity contribution in [3.05, 3.63) is 48.0 Å². The zero-order valence-electron chi connectivity index (χ0n) is 13.5. The number of nitrogens with two attached hydrogens (primary N) is 1. The number of anilines is 1. The normalized spacial score (nSPS) is 11.1. The van der Waals surface area contributed by atoms with Gasteiger partial charge in [0.1, 0.15) is 5.82 Å². The van der Waals surface area contributed by atoms with Crippen LogP contribution < -0.4 is 11.1 Å². The summed E-state index contributed by atoms with van der Waals surface area (Å²) in [5.74, 6) is 0.783. The Morgan fingerprint density at radius 1 is 1.17 bits per heavy atom. The van der Waals surface area contributed by atoms with E-state index in [-0.39, 0.29) is 11.9 Å². The van der Waals surface area contributed by atoms with Crippen molar-refractivity contribution >= 4 is 22.6 Å². The molecule has 0 saturated heterocycles. The van der Waals surface area contributed by atoms with Crippen LogP contribution in [0, 0.1) is 0 Å². The maximum Gasteiger partial charge on any atom is 0.251 e. The largest absolute Gasteiger partial charge is 0.399 e. The number of nitrogen functional groups attached to an aromatic ring is 1. The minimum absolute atomic E-state index is 0.0654. The van der Waals surface area contributed by atoms with Gasteiger partial charge in [-0.3, -0.25) is 4.79 Å². The first-order chi connectivity index (χ1) is 11.0. The number of amides is 1. The number of carbonyl (C=O) groups is 1. The number of hydrogen-bond acceptors (Lipinski definition) is 3. The van der Waals surface area contributed by atoms with E-state index in [1.54, 1.807) is 0 Å². The fourth-order valence-corrected chi connectivity index (χ4v) is 2.59. The molecule has 0 unspecified atom stereocenters. The van der Waals surface area contributed by atoms with Crippen LogP contribution in [0.2, 0.25) is 0 Å². The van der Waals surface area contributed by atoms with Crippen molar-refractivity contribution in [2.45, 2.75) is 19.9 Å². The summed E-state index contributed by atoms with van der Waals surface area (Å²) in [6, 6.07) is 13.3. The maximum atomic E-state index is 12.0. The lowest BCUT2D eigenvalue weighted by atomic mass is 10.1. The van der Waals surface area contributed by atoms with Gasteiger partial charge in [-0.05, 0) is 44.2 Å². The van der Waals surface area contributed by atoms with Crippen LogP contribution in [0.1, 0.15) is 24.2 Å². The van der Waals surface area contributed by atoms with Crippen molar-refractivity contribution in [2.24, 2.45) is 7.05 Å². The molecule has 23 heavy (non-hydrogen) atoms. The highest BCUT2D eigenvalue weighted by Gasteiger charge is 2.12. The van der Waals surface area contributed by atoms with Crippen molar-refractivity contribution in [3.63, 3.8) is 0 Å². The molecule has 3 rings (SSSR count). The first kappa shape index (κ1) is 15.1. The number of nitrogens with one attached hydrogen (secondary N) is 1. The molecule has 5 heteroatoms. The number of hydrogen-bond donors (Lipinski definition) is 2. The molecule has 2 aromatic carbocycles. The third kappa shape index (κ3) is 2.90. The second-order valence-corrected chi connectivity index (χ2v) is 5.95. The average Bonchev–Trinajstić information content (AvgIpc) is 2.83. The van der Waals surface area contributed by atoms with Gasteiger partial charge in [0.2, 0.25) is 0 Å². The lowest BCUT2D eigenvalue weighted by Crippen LogP contribution is -2.29. The van der Waals surface area contributed by atoms with E-state index >= 15 is 0 Å². The van der Waals surface area contributed by atoms with E-state index in [4.69, 9.17) is 5.73 Å². The molecular formula is C18H20N4O. The van der Waals surface area contributed by atoms with Gasteiger partial charge in [0.05, 0.1) is 11.0 Å². The summed E-state index contributed by atoms with van der Waals surface area (Å²) in [6.45, 7) is 3.88. The van der Waals surface area contributed by atoms with Gasteiger partial charge in [0.25, 0.3) is 5.91 Å².